The van der Waals surface area contributed by atoms with E-state index in [1.165, 1.54) is 10.4 Å². The quantitative estimate of drug-likeness (QED) is 0.941. The van der Waals surface area contributed by atoms with Crippen LogP contribution in [0.5, 0.6) is 0 Å². The van der Waals surface area contributed by atoms with Crippen molar-refractivity contribution in [2.75, 3.05) is 10.8 Å². The fourth-order valence-electron chi connectivity index (χ4n) is 2.45. The molecule has 2 aromatic carbocycles. The Balaban J connectivity index is 1.78. The number of fused-ring (bicyclic) bond motifs is 1. The van der Waals surface area contributed by atoms with E-state index in [1.54, 1.807) is 24.3 Å². The maximum absolute atomic E-state index is 13.5. The molecule has 0 unspecified atom stereocenters. The lowest BCUT2D eigenvalue weighted by atomic mass is 10.2. The van der Waals surface area contributed by atoms with Crippen LogP contribution >= 0.6 is 0 Å². The second-order valence-corrected chi connectivity index (χ2v) is 6.55. The minimum absolute atomic E-state index is 0.0618. The van der Waals surface area contributed by atoms with Gasteiger partial charge in [0.15, 0.2) is 0 Å². The number of halogens is 1. The summed E-state index contributed by atoms with van der Waals surface area (Å²) in [6.07, 6.45) is 0.691. The number of hydrogen-bond acceptors (Lipinski definition) is 2. The third kappa shape index (κ3) is 2.77. The van der Waals surface area contributed by atoms with Crippen molar-refractivity contribution in [3.8, 4) is 0 Å². The van der Waals surface area contributed by atoms with Gasteiger partial charge in [0.05, 0.1) is 5.69 Å². The zero-order valence-corrected chi connectivity index (χ0v) is 12.1. The van der Waals surface area contributed by atoms with Crippen molar-refractivity contribution in [3.63, 3.8) is 0 Å². The summed E-state index contributed by atoms with van der Waals surface area (Å²) in [6, 6.07) is 13.5. The summed E-state index contributed by atoms with van der Waals surface area (Å²) in [5.74, 6) is -0.415. The molecule has 2 aromatic rings. The molecule has 0 aromatic heterocycles. The monoisotopic (exact) mass is 306 g/mol. The predicted molar refractivity (Wildman–Crippen MR) is 79.7 cm³/mol. The molecule has 0 fully saturated rings. The lowest BCUT2D eigenvalue weighted by Gasteiger charge is -2.20. The second-order valence-electron chi connectivity index (χ2n) is 4.87. The van der Waals surface area contributed by atoms with Crippen LogP contribution in [0.3, 0.4) is 0 Å². The van der Waals surface area contributed by atoms with E-state index >= 15 is 0 Å². The molecule has 0 amide bonds. The molecule has 0 radical (unpaired) electrons. The van der Waals surface area contributed by atoms with Crippen molar-refractivity contribution >= 4 is 15.9 Å². The van der Waals surface area contributed by atoms with Crippen LogP contribution in [0.25, 0.3) is 0 Å². The van der Waals surface area contributed by atoms with E-state index in [1.807, 2.05) is 18.2 Å². The van der Waals surface area contributed by atoms with E-state index in [9.17, 15) is 12.8 Å². The van der Waals surface area contributed by atoms with Crippen LogP contribution in [0.15, 0.2) is 48.5 Å². The molecule has 0 saturated heterocycles. The van der Waals surface area contributed by atoms with Crippen molar-refractivity contribution in [2.45, 2.75) is 13.0 Å². The maximum atomic E-state index is 13.5. The van der Waals surface area contributed by atoms with Crippen LogP contribution in [-0.2, 0) is 23.2 Å². The van der Waals surface area contributed by atoms with E-state index < -0.39 is 16.0 Å². The first-order chi connectivity index (χ1) is 10.1. The van der Waals surface area contributed by atoms with Gasteiger partial charge in [-0.2, -0.15) is 13.1 Å². The zero-order valence-electron chi connectivity index (χ0n) is 11.3. The summed E-state index contributed by atoms with van der Waals surface area (Å²) in [5, 5.41) is 0. The lowest BCUT2D eigenvalue weighted by molar-refractivity contribution is 0.571. The summed E-state index contributed by atoms with van der Waals surface area (Å²) >= 11 is 0. The van der Waals surface area contributed by atoms with Gasteiger partial charge in [-0.25, -0.2) is 4.39 Å². The first-order valence-electron chi connectivity index (χ1n) is 6.66. The average Bonchev–Trinajstić information content (AvgIpc) is 2.91. The minimum Gasteiger partial charge on any atom is -0.257 e. The number of rotatable bonds is 4. The Morgan fingerprint density at radius 1 is 1.10 bits per heavy atom. The van der Waals surface area contributed by atoms with Gasteiger partial charge in [-0.05, 0) is 24.1 Å². The van der Waals surface area contributed by atoms with Crippen molar-refractivity contribution in [2.24, 2.45) is 0 Å². The largest absolute Gasteiger partial charge is 0.301 e. The highest BCUT2D eigenvalue weighted by atomic mass is 32.2. The van der Waals surface area contributed by atoms with Crippen LogP contribution in [0.2, 0.25) is 0 Å². The Morgan fingerprint density at radius 3 is 2.62 bits per heavy atom. The van der Waals surface area contributed by atoms with Crippen molar-refractivity contribution in [1.82, 2.24) is 4.72 Å². The molecule has 0 saturated carbocycles. The Morgan fingerprint density at radius 2 is 1.81 bits per heavy atom. The number of para-hydroxylation sites is 1. The molecule has 1 N–H and O–H groups in total. The van der Waals surface area contributed by atoms with E-state index in [-0.39, 0.29) is 6.54 Å². The van der Waals surface area contributed by atoms with Gasteiger partial charge in [-0.3, -0.25) is 4.31 Å². The minimum atomic E-state index is -3.67. The van der Waals surface area contributed by atoms with Crippen LogP contribution in [0.1, 0.15) is 11.1 Å². The molecule has 1 heterocycles. The number of anilines is 1. The van der Waals surface area contributed by atoms with E-state index in [0.717, 1.165) is 5.56 Å². The van der Waals surface area contributed by atoms with Crippen molar-refractivity contribution < 1.29 is 12.8 Å². The fourth-order valence-corrected chi connectivity index (χ4v) is 3.71. The topological polar surface area (TPSA) is 49.4 Å². The van der Waals surface area contributed by atoms with E-state index in [4.69, 9.17) is 0 Å². The Kier molecular flexibility index (Phi) is 3.65. The van der Waals surface area contributed by atoms with Crippen molar-refractivity contribution in [1.29, 1.82) is 0 Å². The third-order valence-electron chi connectivity index (χ3n) is 3.54. The van der Waals surface area contributed by atoms with Gasteiger partial charge >= 0.3 is 10.2 Å². The standard InChI is InChI=1S/C15H15FN2O2S/c16-14-7-3-1-6-13(14)11-17-21(19,20)18-10-9-12-5-2-4-8-15(12)18/h1-8,17H,9-11H2. The number of hydrogen-bond donors (Lipinski definition) is 1. The van der Waals surface area contributed by atoms with Crippen LogP contribution < -0.4 is 9.03 Å². The Bertz CT molecular complexity index is 762. The van der Waals surface area contributed by atoms with Gasteiger partial charge < -0.3 is 0 Å². The van der Waals surface area contributed by atoms with Gasteiger partial charge in [0.2, 0.25) is 0 Å². The third-order valence-corrected chi connectivity index (χ3v) is 5.01. The molecule has 0 spiro atoms. The van der Waals surface area contributed by atoms with Gasteiger partial charge in [0.25, 0.3) is 0 Å². The molecule has 21 heavy (non-hydrogen) atoms. The SMILES string of the molecule is O=S(=O)(NCc1ccccc1F)N1CCc2ccccc21. The normalized spacial score (nSPS) is 14.2. The van der Waals surface area contributed by atoms with Gasteiger partial charge in [-0.15, -0.1) is 0 Å². The molecule has 3 rings (SSSR count). The zero-order chi connectivity index (χ0) is 14.9. The fraction of sp³-hybridized carbons (Fsp3) is 0.200. The highest BCUT2D eigenvalue weighted by Gasteiger charge is 2.28. The smallest absolute Gasteiger partial charge is 0.257 e. The Labute approximate surface area is 123 Å². The number of nitrogens with zero attached hydrogens (tertiary/aromatic N) is 1. The molecule has 6 heteroatoms. The molecule has 0 atom stereocenters. The number of benzene rings is 2. The second kappa shape index (κ2) is 5.46. The molecule has 0 aliphatic carbocycles. The van der Waals surface area contributed by atoms with E-state index in [2.05, 4.69) is 4.72 Å². The summed E-state index contributed by atoms with van der Waals surface area (Å²) in [6.45, 7) is 0.347. The predicted octanol–water partition coefficient (Wildman–Crippen LogP) is 2.22. The number of nitrogens with one attached hydrogen (secondary N) is 1. The molecular weight excluding hydrogens is 291 g/mol. The molecule has 4 nitrogen and oxygen atoms in total. The summed E-state index contributed by atoms with van der Waals surface area (Å²) < 4.78 is 42.1. The highest BCUT2D eigenvalue weighted by Crippen LogP contribution is 2.29. The van der Waals surface area contributed by atoms with Crippen LogP contribution in [0.4, 0.5) is 10.1 Å². The van der Waals surface area contributed by atoms with Gasteiger partial charge in [0.1, 0.15) is 5.82 Å². The van der Waals surface area contributed by atoms with Gasteiger partial charge in [-0.1, -0.05) is 36.4 Å². The molecular formula is C15H15FN2O2S. The molecule has 1 aliphatic rings. The summed E-state index contributed by atoms with van der Waals surface area (Å²) in [4.78, 5) is 0. The van der Waals surface area contributed by atoms with Crippen LogP contribution in [-0.4, -0.2) is 15.0 Å². The van der Waals surface area contributed by atoms with Gasteiger partial charge in [0, 0.05) is 18.7 Å². The maximum Gasteiger partial charge on any atom is 0.301 e. The summed E-state index contributed by atoms with van der Waals surface area (Å²) in [5.41, 5.74) is 2.03. The van der Waals surface area contributed by atoms with E-state index in [0.29, 0.717) is 24.2 Å². The van der Waals surface area contributed by atoms with Crippen LogP contribution in [0, 0.1) is 5.82 Å². The average molecular weight is 306 g/mol. The summed E-state index contributed by atoms with van der Waals surface area (Å²) in [7, 11) is -3.67. The molecule has 0 bridgehead atoms. The highest BCUT2D eigenvalue weighted by molar-refractivity contribution is 7.90. The Hall–Kier alpha value is -1.92. The molecule has 110 valence electrons. The van der Waals surface area contributed by atoms with Crippen molar-refractivity contribution in [3.05, 3.63) is 65.5 Å². The first-order valence-corrected chi connectivity index (χ1v) is 8.10. The lowest BCUT2D eigenvalue weighted by Crippen LogP contribution is -2.39. The first kappa shape index (κ1) is 14.0. The molecule has 1 aliphatic heterocycles.